The van der Waals surface area contributed by atoms with Crippen LogP contribution in [0.15, 0.2) is 0 Å². The number of carboxylic acids is 1. The monoisotopic (exact) mass is 226 g/mol. The van der Waals surface area contributed by atoms with Crippen LogP contribution in [0, 0.1) is 5.92 Å². The fourth-order valence-corrected chi connectivity index (χ4v) is 0.953. The second-order valence-corrected chi connectivity index (χ2v) is 2.59. The molecule has 0 fully saturated rings. The predicted molar refractivity (Wildman–Crippen MR) is 49.5 cm³/mol. The number of hydrogen-bond donors (Lipinski definition) is 1. The number of unbranched alkanes of at least 4 members (excludes halogenated alkanes) is 1. The average molecular weight is 225 g/mol. The zero-order chi connectivity index (χ0) is 7.98. The molecule has 1 N–H and O–H groups in total. The molecule has 68 valence electrons. The number of aliphatic carboxylic acids is 1. The third-order valence-electron chi connectivity index (χ3n) is 1.75. The summed E-state index contributed by atoms with van der Waals surface area (Å²) in [5, 5.41) is 8.60. The van der Waals surface area contributed by atoms with Crippen molar-refractivity contribution in [1.82, 2.24) is 0 Å². The van der Waals surface area contributed by atoms with Gasteiger partial charge in [-0.2, -0.15) is 0 Å². The molecule has 0 bridgehead atoms. The first-order chi connectivity index (χ1) is 4.72. The van der Waals surface area contributed by atoms with Crippen molar-refractivity contribution in [2.45, 2.75) is 39.5 Å². The van der Waals surface area contributed by atoms with E-state index in [0.29, 0.717) is 0 Å². The summed E-state index contributed by atoms with van der Waals surface area (Å²) in [4.78, 5) is 10.4. The average Bonchev–Trinajstić information content (AvgIpc) is 1.89. The zero-order valence-electron chi connectivity index (χ0n) is 7.26. The fourth-order valence-electron chi connectivity index (χ4n) is 0.953. The standard InChI is InChI=1S/C8H16O2.H2Se/c1-3-5-6-7(4-2)8(9)10;/h7H,3-6H2,1-2H3,(H,9,10);1H2. The predicted octanol–water partition coefficient (Wildman–Crippen LogP) is 1.37. The van der Waals surface area contributed by atoms with Gasteiger partial charge in [-0.3, -0.25) is 4.79 Å². The summed E-state index contributed by atoms with van der Waals surface area (Å²) in [7, 11) is 0. The third kappa shape index (κ3) is 6.39. The Hall–Kier alpha value is -0.0105. The van der Waals surface area contributed by atoms with E-state index in [1.54, 1.807) is 0 Å². The van der Waals surface area contributed by atoms with Crippen LogP contribution in [0.25, 0.3) is 0 Å². The van der Waals surface area contributed by atoms with Gasteiger partial charge >= 0.3 is 23.0 Å². The molecule has 0 rings (SSSR count). The van der Waals surface area contributed by atoms with Gasteiger partial charge in [0.25, 0.3) is 0 Å². The molecule has 0 aromatic rings. The third-order valence-corrected chi connectivity index (χ3v) is 1.75. The van der Waals surface area contributed by atoms with Gasteiger partial charge in [0, 0.05) is 0 Å². The Labute approximate surface area is 78.8 Å². The molecule has 1 atom stereocenters. The minimum atomic E-state index is -0.643. The Balaban J connectivity index is 0. The van der Waals surface area contributed by atoms with Crippen molar-refractivity contribution >= 4 is 23.0 Å². The number of carboxylic acid groups (broad SMARTS) is 1. The molecule has 0 aliphatic rings. The van der Waals surface area contributed by atoms with Crippen LogP contribution in [0.4, 0.5) is 0 Å². The topological polar surface area (TPSA) is 37.3 Å². The normalized spacial score (nSPS) is 11.8. The Morgan fingerprint density at radius 3 is 2.27 bits per heavy atom. The van der Waals surface area contributed by atoms with Gasteiger partial charge in [-0.15, -0.1) is 0 Å². The van der Waals surface area contributed by atoms with Gasteiger partial charge < -0.3 is 5.11 Å². The number of rotatable bonds is 5. The summed E-state index contributed by atoms with van der Waals surface area (Å²) in [6.07, 6.45) is 3.71. The van der Waals surface area contributed by atoms with E-state index in [0.717, 1.165) is 25.7 Å². The van der Waals surface area contributed by atoms with E-state index in [4.69, 9.17) is 5.11 Å². The molecule has 1 unspecified atom stereocenters. The van der Waals surface area contributed by atoms with Crippen molar-refractivity contribution in [3.05, 3.63) is 0 Å². The molecule has 0 heterocycles. The molecule has 0 aliphatic heterocycles. The van der Waals surface area contributed by atoms with Crippen molar-refractivity contribution in [1.29, 1.82) is 0 Å². The van der Waals surface area contributed by atoms with Crippen LogP contribution in [0.1, 0.15) is 39.5 Å². The Morgan fingerprint density at radius 2 is 2.00 bits per heavy atom. The summed E-state index contributed by atoms with van der Waals surface area (Å²) in [5.74, 6) is -0.754. The summed E-state index contributed by atoms with van der Waals surface area (Å²) in [6, 6.07) is 0. The van der Waals surface area contributed by atoms with Gasteiger partial charge in [0.1, 0.15) is 0 Å². The van der Waals surface area contributed by atoms with Crippen LogP contribution in [0.2, 0.25) is 0 Å². The molecular weight excluding hydrogens is 207 g/mol. The number of hydrogen-bond acceptors (Lipinski definition) is 1. The van der Waals surface area contributed by atoms with Crippen LogP contribution < -0.4 is 0 Å². The van der Waals surface area contributed by atoms with Gasteiger partial charge in [0.2, 0.25) is 0 Å². The van der Waals surface area contributed by atoms with Gasteiger partial charge in [-0.1, -0.05) is 26.7 Å². The van der Waals surface area contributed by atoms with E-state index in [1.165, 1.54) is 0 Å². The zero-order valence-corrected chi connectivity index (χ0v) is 9.36. The molecule has 0 aliphatic carbocycles. The first-order valence-corrected chi connectivity index (χ1v) is 3.95. The summed E-state index contributed by atoms with van der Waals surface area (Å²) in [6.45, 7) is 4.00. The van der Waals surface area contributed by atoms with E-state index in [9.17, 15) is 4.79 Å². The van der Waals surface area contributed by atoms with Crippen LogP contribution >= 0.6 is 0 Å². The minimum absolute atomic E-state index is 0. The van der Waals surface area contributed by atoms with Crippen LogP contribution in [-0.4, -0.2) is 28.1 Å². The van der Waals surface area contributed by atoms with E-state index in [-0.39, 0.29) is 23.0 Å². The van der Waals surface area contributed by atoms with E-state index < -0.39 is 5.97 Å². The van der Waals surface area contributed by atoms with Crippen molar-refractivity contribution < 1.29 is 9.90 Å². The molecule has 0 aromatic heterocycles. The van der Waals surface area contributed by atoms with E-state index >= 15 is 0 Å². The van der Waals surface area contributed by atoms with Crippen LogP contribution in [0.3, 0.4) is 0 Å². The van der Waals surface area contributed by atoms with Crippen molar-refractivity contribution in [3.8, 4) is 0 Å². The van der Waals surface area contributed by atoms with Gasteiger partial charge in [0.15, 0.2) is 0 Å². The van der Waals surface area contributed by atoms with Crippen molar-refractivity contribution in [2.75, 3.05) is 0 Å². The van der Waals surface area contributed by atoms with Gasteiger partial charge in [-0.25, -0.2) is 0 Å². The molecule has 0 saturated heterocycles. The molecule has 0 radical (unpaired) electrons. The molecule has 11 heavy (non-hydrogen) atoms. The molecule has 0 saturated carbocycles. The Kier molecular flexibility index (Phi) is 9.98. The molecule has 2 nitrogen and oxygen atoms in total. The second kappa shape index (κ2) is 8.09. The van der Waals surface area contributed by atoms with Crippen LogP contribution in [0.5, 0.6) is 0 Å². The Morgan fingerprint density at radius 1 is 1.45 bits per heavy atom. The maximum absolute atomic E-state index is 10.4. The van der Waals surface area contributed by atoms with Crippen molar-refractivity contribution in [3.63, 3.8) is 0 Å². The number of carbonyl (C=O) groups is 1. The van der Waals surface area contributed by atoms with Crippen molar-refractivity contribution in [2.24, 2.45) is 5.92 Å². The van der Waals surface area contributed by atoms with E-state index in [1.807, 2.05) is 6.92 Å². The summed E-state index contributed by atoms with van der Waals surface area (Å²) >= 11 is 0. The van der Waals surface area contributed by atoms with Gasteiger partial charge in [0.05, 0.1) is 5.92 Å². The quantitative estimate of drug-likeness (QED) is 0.717. The van der Waals surface area contributed by atoms with Crippen LogP contribution in [-0.2, 0) is 4.79 Å². The van der Waals surface area contributed by atoms with Gasteiger partial charge in [-0.05, 0) is 12.8 Å². The molecule has 0 amide bonds. The van der Waals surface area contributed by atoms with E-state index in [2.05, 4.69) is 6.92 Å². The maximum atomic E-state index is 10.4. The first-order valence-electron chi connectivity index (χ1n) is 3.95. The molecular formula is C8H18O2Se. The second-order valence-electron chi connectivity index (χ2n) is 2.59. The SMILES string of the molecule is CCCCC(CC)C(=O)O.[SeH2]. The molecule has 3 heteroatoms. The summed E-state index contributed by atoms with van der Waals surface area (Å²) < 4.78 is 0. The molecule has 0 spiro atoms. The summed E-state index contributed by atoms with van der Waals surface area (Å²) in [5.41, 5.74) is 0. The Bertz CT molecular complexity index is 104. The first kappa shape index (κ1) is 13.6. The fraction of sp³-hybridized carbons (Fsp3) is 0.875. The molecule has 0 aromatic carbocycles.